The Morgan fingerprint density at radius 3 is 2.28 bits per heavy atom. The Morgan fingerprint density at radius 2 is 1.55 bits per heavy atom. The number of benzene rings is 2. The first-order chi connectivity index (χ1) is 34.0. The molecule has 0 saturated carbocycles. The fraction of sp³-hybridized carbons (Fsp3) is 0.315. The molecule has 0 saturated heterocycles. The van der Waals surface area contributed by atoms with Crippen LogP contribution in [0.1, 0.15) is 90.3 Å². The SMILES string of the molecule is C=C1/C=C\C2=C(C[N+](C)(c3ccc(C)c(-c4cccc(C(=O)NCCCCCCCNC(=O)CCNC(=O)c5ccc(-c6cnc(N)c(-c7ccc(O)cc7)c6CC)cn5)c4)n3)C(=O)CC1)OC(F)(F)O2. The number of phenols is 1. The third-order valence-corrected chi connectivity index (χ3v) is 12.5. The number of amides is 4. The first-order valence-corrected chi connectivity index (χ1v) is 23.7. The summed E-state index contributed by atoms with van der Waals surface area (Å²) in [5.74, 6) is -0.583. The van der Waals surface area contributed by atoms with E-state index in [-0.39, 0.29) is 72.5 Å². The second-order valence-electron chi connectivity index (χ2n) is 17.7. The van der Waals surface area contributed by atoms with Crippen LogP contribution < -0.4 is 26.2 Å². The number of ether oxygens (including phenoxy) is 2. The molecule has 0 aliphatic carbocycles. The summed E-state index contributed by atoms with van der Waals surface area (Å²) in [6, 6.07) is 20.8. The summed E-state index contributed by atoms with van der Waals surface area (Å²) in [6.45, 7) is 8.70. The van der Waals surface area contributed by atoms with E-state index >= 15 is 0 Å². The van der Waals surface area contributed by atoms with Crippen molar-refractivity contribution in [2.45, 2.75) is 77.9 Å². The number of carbonyl (C=O) groups excluding carboxylic acids is 4. The van der Waals surface area contributed by atoms with Gasteiger partial charge in [-0.2, -0.15) is 4.98 Å². The summed E-state index contributed by atoms with van der Waals surface area (Å²) in [7, 11) is 1.61. The zero-order chi connectivity index (χ0) is 50.7. The predicted octanol–water partition coefficient (Wildman–Crippen LogP) is 8.83. The summed E-state index contributed by atoms with van der Waals surface area (Å²) in [5, 5.41) is 18.4. The molecular formula is C54H59F2N8O7+. The Kier molecular flexibility index (Phi) is 16.4. The van der Waals surface area contributed by atoms with Crippen molar-refractivity contribution < 1.29 is 42.5 Å². The van der Waals surface area contributed by atoms with Crippen LogP contribution in [-0.4, -0.2) is 83.2 Å². The minimum atomic E-state index is -3.88. The number of halogens is 2. The molecule has 1 atom stereocenters. The van der Waals surface area contributed by atoms with Crippen LogP contribution in [0.3, 0.4) is 0 Å². The Balaban J connectivity index is 0.809. The number of nitrogens with two attached hydrogens (primary N) is 1. The molecule has 1 unspecified atom stereocenters. The molecule has 7 rings (SSSR count). The molecule has 0 radical (unpaired) electrons. The maximum Gasteiger partial charge on any atom is 0.586 e. The molecule has 5 aromatic rings. The largest absolute Gasteiger partial charge is 0.586 e. The van der Waals surface area contributed by atoms with Crippen molar-refractivity contribution in [3.8, 4) is 39.3 Å². The highest BCUT2D eigenvalue weighted by Gasteiger charge is 2.49. The van der Waals surface area contributed by atoms with Gasteiger partial charge in [-0.25, -0.2) is 14.3 Å². The van der Waals surface area contributed by atoms with E-state index < -0.39 is 10.8 Å². The van der Waals surface area contributed by atoms with Crippen molar-refractivity contribution in [1.29, 1.82) is 0 Å². The van der Waals surface area contributed by atoms with Gasteiger partial charge in [-0.1, -0.05) is 74.7 Å². The van der Waals surface area contributed by atoms with Crippen LogP contribution in [0.15, 0.2) is 121 Å². The van der Waals surface area contributed by atoms with Crippen molar-refractivity contribution in [3.05, 3.63) is 143 Å². The Hall–Kier alpha value is -7.79. The van der Waals surface area contributed by atoms with Gasteiger partial charge in [-0.05, 0) is 91.8 Å². The number of carbonyl (C=O) groups is 4. The van der Waals surface area contributed by atoms with Crippen molar-refractivity contribution in [2.24, 2.45) is 0 Å². The number of quaternary nitrogens is 1. The fourth-order valence-electron chi connectivity index (χ4n) is 8.51. The van der Waals surface area contributed by atoms with Crippen LogP contribution in [0.5, 0.6) is 5.75 Å². The molecule has 2 aliphatic rings. The topological polar surface area (TPSA) is 208 Å². The minimum Gasteiger partial charge on any atom is -0.508 e. The Morgan fingerprint density at radius 1 is 0.831 bits per heavy atom. The lowest BCUT2D eigenvalue weighted by molar-refractivity contribution is -0.336. The zero-order valence-corrected chi connectivity index (χ0v) is 40.2. The summed E-state index contributed by atoms with van der Waals surface area (Å²) in [6.07, 6.45) is 7.82. The van der Waals surface area contributed by atoms with E-state index in [2.05, 4.69) is 32.5 Å². The average molecular weight is 970 g/mol. The molecule has 0 bridgehead atoms. The lowest BCUT2D eigenvalue weighted by Crippen LogP contribution is -2.52. The number of aromatic nitrogens is 3. The number of aromatic hydroxyl groups is 1. The molecule has 6 N–H and O–H groups in total. The number of nitrogens with zero attached hydrogens (tertiary/aromatic N) is 4. The highest BCUT2D eigenvalue weighted by Crippen LogP contribution is 2.39. The van der Waals surface area contributed by atoms with Crippen molar-refractivity contribution in [3.63, 3.8) is 0 Å². The van der Waals surface area contributed by atoms with Gasteiger partial charge >= 0.3 is 12.2 Å². The maximum absolute atomic E-state index is 14.3. The van der Waals surface area contributed by atoms with Crippen LogP contribution in [0.25, 0.3) is 33.5 Å². The number of hydrogen-bond donors (Lipinski definition) is 5. The molecule has 370 valence electrons. The predicted molar refractivity (Wildman–Crippen MR) is 267 cm³/mol. The number of hydrogen-bond acceptors (Lipinski definition) is 11. The monoisotopic (exact) mass is 969 g/mol. The number of unbranched alkanes of at least 4 members (excludes halogenated alkanes) is 4. The van der Waals surface area contributed by atoms with Gasteiger partial charge in [0.15, 0.2) is 12.3 Å². The number of rotatable bonds is 18. The van der Waals surface area contributed by atoms with Crippen LogP contribution in [0, 0.1) is 6.92 Å². The van der Waals surface area contributed by atoms with E-state index in [0.29, 0.717) is 60.0 Å². The maximum atomic E-state index is 14.3. The summed E-state index contributed by atoms with van der Waals surface area (Å²) < 4.78 is 37.7. The quantitative estimate of drug-likeness (QED) is 0.0414. The van der Waals surface area contributed by atoms with Crippen LogP contribution in [0.4, 0.5) is 20.4 Å². The summed E-state index contributed by atoms with van der Waals surface area (Å²) >= 11 is 0. The van der Waals surface area contributed by atoms with E-state index in [1.165, 1.54) is 6.08 Å². The lowest BCUT2D eigenvalue weighted by atomic mass is 9.92. The van der Waals surface area contributed by atoms with Crippen molar-refractivity contribution in [2.75, 3.05) is 39.0 Å². The third kappa shape index (κ3) is 12.7. The number of phenolic OH excluding ortho intramolecular Hbond substituents is 1. The number of nitrogen functional groups attached to an aromatic ring is 1. The zero-order valence-electron chi connectivity index (χ0n) is 40.2. The van der Waals surface area contributed by atoms with E-state index in [9.17, 15) is 33.1 Å². The molecule has 71 heavy (non-hydrogen) atoms. The van der Waals surface area contributed by atoms with Gasteiger partial charge in [0, 0.05) is 72.3 Å². The second kappa shape index (κ2) is 22.8. The lowest BCUT2D eigenvalue weighted by Gasteiger charge is -2.31. The van der Waals surface area contributed by atoms with Crippen LogP contribution in [-0.2, 0) is 25.5 Å². The number of aryl methyl sites for hydroxylation is 1. The molecule has 3 aromatic heterocycles. The highest BCUT2D eigenvalue weighted by molar-refractivity contribution is 5.96. The summed E-state index contributed by atoms with van der Waals surface area (Å²) in [5.41, 5.74) is 13.7. The molecule has 0 fully saturated rings. The second-order valence-corrected chi connectivity index (χ2v) is 17.7. The number of nitrogens with one attached hydrogen (secondary N) is 3. The smallest absolute Gasteiger partial charge is 0.508 e. The molecule has 2 aromatic carbocycles. The molecule has 15 nitrogen and oxygen atoms in total. The molecule has 17 heteroatoms. The standard InChI is InChI=1S/C54H58F2N8O7/c1-5-41-42(32-62-51(57)49(41)36-17-20-40(65)21-18-36)39-19-22-43(61-31-39)53(69)60-29-26-47(66)58-27-9-7-6-8-10-28-59-52(68)38-13-11-12-37(30-38)50-35(3)16-24-46(63-50)64(4)33-45-44(70-54(55,56)71-45)23-14-34(2)15-25-48(64)67/h11-14,16-24,30-32H,2,5-10,15,25-29,33H2,1,3-4H3,(H5-,57,58,59,60,61,62,65,66,68,69)/p+1/b23-14-. The van der Waals surface area contributed by atoms with Gasteiger partial charge in [0.2, 0.25) is 17.5 Å². The number of likely N-dealkylation sites (N-methyl/N-ethyl adjacent to an activating group) is 1. The molecule has 0 spiro atoms. The third-order valence-electron chi connectivity index (χ3n) is 12.5. The van der Waals surface area contributed by atoms with Gasteiger partial charge in [-0.15, -0.1) is 8.78 Å². The first kappa shape index (κ1) is 51.1. The molecule has 2 aliphatic heterocycles. The Labute approximate surface area is 411 Å². The van der Waals surface area contributed by atoms with Crippen molar-refractivity contribution >= 4 is 35.3 Å². The van der Waals surface area contributed by atoms with Gasteiger partial charge < -0.3 is 36.3 Å². The molecule has 5 heterocycles. The Bertz CT molecular complexity index is 2870. The fourth-order valence-corrected chi connectivity index (χ4v) is 8.51. The summed E-state index contributed by atoms with van der Waals surface area (Å²) in [4.78, 5) is 66.0. The van der Waals surface area contributed by atoms with E-state index in [1.54, 1.807) is 86.2 Å². The van der Waals surface area contributed by atoms with Crippen molar-refractivity contribution in [1.82, 2.24) is 35.4 Å². The normalized spacial score (nSPS) is 16.9. The van der Waals surface area contributed by atoms with E-state index in [0.717, 1.165) is 65.5 Å². The van der Waals surface area contributed by atoms with E-state index in [1.807, 2.05) is 26.0 Å². The number of allylic oxidation sites excluding steroid dienone is 3. The van der Waals surface area contributed by atoms with Gasteiger partial charge in [0.05, 0.1) is 19.2 Å². The van der Waals surface area contributed by atoms with Gasteiger partial charge in [-0.3, -0.25) is 19.4 Å². The van der Waals surface area contributed by atoms with Gasteiger partial charge in [0.1, 0.15) is 17.3 Å². The molecule has 4 amide bonds. The highest BCUT2D eigenvalue weighted by atomic mass is 19.3. The average Bonchev–Trinajstić information content (AvgIpc) is 3.65. The van der Waals surface area contributed by atoms with Crippen LogP contribution in [0.2, 0.25) is 0 Å². The van der Waals surface area contributed by atoms with E-state index in [4.69, 9.17) is 20.2 Å². The first-order valence-electron chi connectivity index (χ1n) is 23.7. The number of alkyl halides is 2. The minimum absolute atomic E-state index is 0.0963. The number of anilines is 1. The van der Waals surface area contributed by atoms with Crippen LogP contribution >= 0.6 is 0 Å². The van der Waals surface area contributed by atoms with Gasteiger partial charge in [0.25, 0.3) is 11.8 Å². The molecular weight excluding hydrogens is 911 g/mol. The number of pyridine rings is 3.